The highest BCUT2D eigenvalue weighted by molar-refractivity contribution is 9.10. The highest BCUT2D eigenvalue weighted by Crippen LogP contribution is 2.15. The van der Waals surface area contributed by atoms with Gasteiger partial charge in [0.15, 0.2) is 0 Å². The van der Waals surface area contributed by atoms with E-state index in [1.165, 1.54) is 0 Å². The molecule has 0 amide bonds. The Bertz CT molecular complexity index is 248. The minimum absolute atomic E-state index is 0.249. The summed E-state index contributed by atoms with van der Waals surface area (Å²) in [6, 6.07) is 5.81. The smallest absolute Gasteiger partial charge is 0.107 e. The summed E-state index contributed by atoms with van der Waals surface area (Å²) in [6.07, 6.45) is 0. The molecule has 0 fully saturated rings. The predicted octanol–water partition coefficient (Wildman–Crippen LogP) is 2.75. The molecular formula is C8H9BrO2. The van der Waals surface area contributed by atoms with E-state index in [9.17, 15) is 0 Å². The molecule has 60 valence electrons. The zero-order chi connectivity index (χ0) is 8.27. The van der Waals surface area contributed by atoms with E-state index in [1.54, 1.807) is 0 Å². The summed E-state index contributed by atoms with van der Waals surface area (Å²) in [5.41, 5.74) is 2.10. The summed E-state index contributed by atoms with van der Waals surface area (Å²) >= 11 is 3.34. The van der Waals surface area contributed by atoms with Crippen LogP contribution in [0.4, 0.5) is 0 Å². The first-order valence-corrected chi connectivity index (χ1v) is 4.04. The second-order valence-electron chi connectivity index (χ2n) is 2.34. The van der Waals surface area contributed by atoms with Crippen LogP contribution in [0, 0.1) is 6.92 Å². The molecule has 0 atom stereocenters. The van der Waals surface area contributed by atoms with Crippen LogP contribution in [0.15, 0.2) is 22.7 Å². The summed E-state index contributed by atoms with van der Waals surface area (Å²) in [4.78, 5) is 4.03. The fourth-order valence-electron chi connectivity index (χ4n) is 0.891. The minimum atomic E-state index is 0.249. The van der Waals surface area contributed by atoms with Crippen LogP contribution in [-0.2, 0) is 11.5 Å². The lowest BCUT2D eigenvalue weighted by Crippen LogP contribution is -1.90. The number of halogens is 1. The van der Waals surface area contributed by atoms with Crippen LogP contribution in [0.5, 0.6) is 0 Å². The van der Waals surface area contributed by atoms with E-state index >= 15 is 0 Å². The van der Waals surface area contributed by atoms with E-state index in [4.69, 9.17) is 5.26 Å². The van der Waals surface area contributed by atoms with Crippen LogP contribution in [0.25, 0.3) is 0 Å². The van der Waals surface area contributed by atoms with Gasteiger partial charge in [0.25, 0.3) is 0 Å². The number of benzene rings is 1. The fourth-order valence-corrected chi connectivity index (χ4v) is 1.37. The quantitative estimate of drug-likeness (QED) is 0.609. The Morgan fingerprint density at radius 3 is 2.82 bits per heavy atom. The van der Waals surface area contributed by atoms with Crippen LogP contribution in [0.3, 0.4) is 0 Å². The van der Waals surface area contributed by atoms with Crippen LogP contribution in [0.2, 0.25) is 0 Å². The maximum atomic E-state index is 8.20. The molecule has 0 aliphatic heterocycles. The monoisotopic (exact) mass is 216 g/mol. The molecule has 0 radical (unpaired) electrons. The molecule has 0 saturated heterocycles. The van der Waals surface area contributed by atoms with Gasteiger partial charge in [-0.2, -0.15) is 0 Å². The number of hydrogen-bond acceptors (Lipinski definition) is 2. The molecular weight excluding hydrogens is 208 g/mol. The molecule has 3 heteroatoms. The SMILES string of the molecule is Cc1cc(Br)ccc1COO. The Balaban J connectivity index is 2.90. The number of aryl methyl sites for hydroxylation is 1. The van der Waals surface area contributed by atoms with Crippen molar-refractivity contribution in [2.75, 3.05) is 0 Å². The summed E-state index contributed by atoms with van der Waals surface area (Å²) in [5, 5.41) is 8.20. The normalized spacial score (nSPS) is 10.1. The van der Waals surface area contributed by atoms with Crippen LogP contribution < -0.4 is 0 Å². The average Bonchev–Trinajstić information content (AvgIpc) is 1.95. The van der Waals surface area contributed by atoms with Crippen molar-refractivity contribution in [3.63, 3.8) is 0 Å². The Labute approximate surface area is 73.9 Å². The van der Waals surface area contributed by atoms with Crippen LogP contribution in [0.1, 0.15) is 11.1 Å². The molecule has 1 aromatic carbocycles. The van der Waals surface area contributed by atoms with E-state index in [2.05, 4.69) is 20.8 Å². The third-order valence-corrected chi connectivity index (χ3v) is 2.02. The Hall–Kier alpha value is -0.380. The molecule has 0 spiro atoms. The predicted molar refractivity (Wildman–Crippen MR) is 46.3 cm³/mol. The lowest BCUT2D eigenvalue weighted by atomic mass is 10.1. The van der Waals surface area contributed by atoms with Crippen molar-refractivity contribution >= 4 is 15.9 Å². The Morgan fingerprint density at radius 2 is 2.27 bits per heavy atom. The molecule has 0 aliphatic rings. The standard InChI is InChI=1S/C8H9BrO2/c1-6-4-8(9)3-2-7(6)5-11-10/h2-4,10H,5H2,1H3. The molecule has 0 bridgehead atoms. The first kappa shape index (κ1) is 8.71. The second kappa shape index (κ2) is 3.85. The number of rotatable bonds is 2. The lowest BCUT2D eigenvalue weighted by molar-refractivity contribution is -0.253. The molecule has 1 aromatic rings. The maximum absolute atomic E-state index is 8.20. The summed E-state index contributed by atoms with van der Waals surface area (Å²) in [7, 11) is 0. The zero-order valence-corrected chi connectivity index (χ0v) is 7.76. The van der Waals surface area contributed by atoms with Gasteiger partial charge in [-0.25, -0.2) is 4.89 Å². The highest BCUT2D eigenvalue weighted by atomic mass is 79.9. The second-order valence-corrected chi connectivity index (χ2v) is 3.26. The minimum Gasteiger partial charge on any atom is -0.251 e. The molecule has 1 rings (SSSR count). The third-order valence-electron chi connectivity index (χ3n) is 1.52. The van der Waals surface area contributed by atoms with Gasteiger partial charge in [-0.15, -0.1) is 0 Å². The van der Waals surface area contributed by atoms with Crippen molar-refractivity contribution in [2.24, 2.45) is 0 Å². The van der Waals surface area contributed by atoms with E-state index in [1.807, 2.05) is 25.1 Å². The molecule has 0 heterocycles. The van der Waals surface area contributed by atoms with E-state index in [0.29, 0.717) is 0 Å². The first-order chi connectivity index (χ1) is 5.24. The molecule has 0 unspecified atom stereocenters. The average molecular weight is 217 g/mol. The van der Waals surface area contributed by atoms with E-state index < -0.39 is 0 Å². The van der Waals surface area contributed by atoms with Gasteiger partial charge in [0, 0.05) is 4.47 Å². The van der Waals surface area contributed by atoms with Crippen molar-refractivity contribution < 1.29 is 10.1 Å². The largest absolute Gasteiger partial charge is 0.251 e. The zero-order valence-electron chi connectivity index (χ0n) is 6.17. The topological polar surface area (TPSA) is 29.5 Å². The van der Waals surface area contributed by atoms with Gasteiger partial charge >= 0.3 is 0 Å². The molecule has 11 heavy (non-hydrogen) atoms. The maximum Gasteiger partial charge on any atom is 0.107 e. The first-order valence-electron chi connectivity index (χ1n) is 3.25. The van der Waals surface area contributed by atoms with Gasteiger partial charge < -0.3 is 0 Å². The van der Waals surface area contributed by atoms with Gasteiger partial charge in [0.2, 0.25) is 0 Å². The van der Waals surface area contributed by atoms with Crippen molar-refractivity contribution in [3.05, 3.63) is 33.8 Å². The summed E-state index contributed by atoms with van der Waals surface area (Å²) in [5.74, 6) is 0. The summed E-state index contributed by atoms with van der Waals surface area (Å²) in [6.45, 7) is 2.22. The van der Waals surface area contributed by atoms with Gasteiger partial charge in [0.05, 0.1) is 0 Å². The van der Waals surface area contributed by atoms with Gasteiger partial charge in [-0.3, -0.25) is 5.26 Å². The van der Waals surface area contributed by atoms with Crippen molar-refractivity contribution in [1.29, 1.82) is 0 Å². The van der Waals surface area contributed by atoms with E-state index in [0.717, 1.165) is 15.6 Å². The van der Waals surface area contributed by atoms with Gasteiger partial charge in [-0.05, 0) is 30.2 Å². The lowest BCUT2D eigenvalue weighted by Gasteiger charge is -2.02. The van der Waals surface area contributed by atoms with Gasteiger partial charge in [0.1, 0.15) is 6.61 Å². The number of hydrogen-bond donors (Lipinski definition) is 1. The highest BCUT2D eigenvalue weighted by Gasteiger charge is 1.97. The Kier molecular flexibility index (Phi) is 3.05. The van der Waals surface area contributed by atoms with Gasteiger partial charge in [-0.1, -0.05) is 22.0 Å². The van der Waals surface area contributed by atoms with Crippen molar-refractivity contribution in [3.8, 4) is 0 Å². The van der Waals surface area contributed by atoms with Crippen LogP contribution >= 0.6 is 15.9 Å². The fraction of sp³-hybridized carbons (Fsp3) is 0.250. The molecule has 0 aliphatic carbocycles. The molecule has 2 nitrogen and oxygen atoms in total. The molecule has 0 saturated carbocycles. The third kappa shape index (κ3) is 2.29. The van der Waals surface area contributed by atoms with Crippen molar-refractivity contribution in [2.45, 2.75) is 13.5 Å². The summed E-state index contributed by atoms with van der Waals surface area (Å²) < 4.78 is 1.04. The Morgan fingerprint density at radius 1 is 1.55 bits per heavy atom. The molecule has 1 N–H and O–H groups in total. The molecule has 0 aromatic heterocycles. The van der Waals surface area contributed by atoms with Crippen molar-refractivity contribution in [1.82, 2.24) is 0 Å². The van der Waals surface area contributed by atoms with Crippen LogP contribution in [-0.4, -0.2) is 5.26 Å². The van der Waals surface area contributed by atoms with E-state index in [-0.39, 0.29) is 6.61 Å².